The lowest BCUT2D eigenvalue weighted by atomic mass is 9.98. The van der Waals surface area contributed by atoms with Gasteiger partial charge in [0.1, 0.15) is 11.3 Å². The average molecular weight is 377 g/mol. The summed E-state index contributed by atoms with van der Waals surface area (Å²) in [5, 5.41) is 1.20. The van der Waals surface area contributed by atoms with Crippen LogP contribution < -0.4 is 9.80 Å². The number of allylic oxidation sites excluding steroid dienone is 1. The predicted octanol–water partition coefficient (Wildman–Crippen LogP) is 3.17. The second-order valence-corrected chi connectivity index (χ2v) is 8.03. The minimum Gasteiger partial charge on any atom is -0.378 e. The van der Waals surface area contributed by atoms with Crippen LogP contribution in [0.5, 0.6) is 0 Å². The Labute approximate surface area is 165 Å². The van der Waals surface area contributed by atoms with Crippen molar-refractivity contribution in [2.45, 2.75) is 19.8 Å². The number of nitrogens with zero attached hydrogens (tertiary/aromatic N) is 5. The summed E-state index contributed by atoms with van der Waals surface area (Å²) in [6, 6.07) is 4.41. The number of anilines is 2. The molecule has 2 aromatic heterocycles. The Bertz CT molecular complexity index is 932. The van der Waals surface area contributed by atoms with E-state index in [0.717, 1.165) is 67.9 Å². The van der Waals surface area contributed by atoms with E-state index in [9.17, 15) is 0 Å². The molecule has 5 rings (SSSR count). The first kappa shape index (κ1) is 17.6. The van der Waals surface area contributed by atoms with Gasteiger partial charge < -0.3 is 14.5 Å². The van der Waals surface area contributed by atoms with Gasteiger partial charge in [0.25, 0.3) is 0 Å². The lowest BCUT2D eigenvalue weighted by Gasteiger charge is -2.35. The second kappa shape index (κ2) is 7.51. The van der Waals surface area contributed by atoms with E-state index in [2.05, 4.69) is 39.9 Å². The Morgan fingerprint density at radius 1 is 1.14 bits per heavy atom. The van der Waals surface area contributed by atoms with E-state index in [0.29, 0.717) is 6.54 Å². The van der Waals surface area contributed by atoms with Crippen LogP contribution in [0.25, 0.3) is 16.5 Å². The zero-order valence-electron chi connectivity index (χ0n) is 16.5. The molecule has 0 spiro atoms. The molecule has 0 radical (unpaired) electrons. The van der Waals surface area contributed by atoms with Crippen molar-refractivity contribution in [2.75, 3.05) is 55.7 Å². The van der Waals surface area contributed by atoms with E-state index >= 15 is 0 Å². The van der Waals surface area contributed by atoms with Gasteiger partial charge in [0.2, 0.25) is 0 Å². The maximum atomic E-state index is 5.56. The molecule has 0 N–H and O–H groups in total. The molecule has 0 amide bonds. The molecule has 6 nitrogen and oxygen atoms in total. The molecule has 2 aromatic rings. The number of rotatable bonds is 3. The first-order valence-electron chi connectivity index (χ1n) is 10.4. The summed E-state index contributed by atoms with van der Waals surface area (Å²) in [7, 11) is 0. The summed E-state index contributed by atoms with van der Waals surface area (Å²) in [5.41, 5.74) is 4.41. The topological polar surface area (TPSA) is 53.9 Å². The zero-order chi connectivity index (χ0) is 18.9. The normalized spacial score (nSPS) is 22.8. The average Bonchev–Trinajstić information content (AvgIpc) is 3.28. The molecule has 1 unspecified atom stereocenters. The summed E-state index contributed by atoms with van der Waals surface area (Å²) < 4.78 is 5.56. The van der Waals surface area contributed by atoms with Crippen molar-refractivity contribution in [1.82, 2.24) is 9.97 Å². The summed E-state index contributed by atoms with van der Waals surface area (Å²) in [5.74, 6) is 1.76. The highest BCUT2D eigenvalue weighted by molar-refractivity contribution is 6.01. The van der Waals surface area contributed by atoms with E-state index in [1.165, 1.54) is 23.9 Å². The Morgan fingerprint density at radius 2 is 2.04 bits per heavy atom. The number of fused-ring (bicyclic) bond motifs is 1. The van der Waals surface area contributed by atoms with Gasteiger partial charge in [0.15, 0.2) is 0 Å². The van der Waals surface area contributed by atoms with E-state index < -0.39 is 0 Å². The fourth-order valence-electron chi connectivity index (χ4n) is 4.48. The van der Waals surface area contributed by atoms with E-state index in [1.54, 1.807) is 0 Å². The molecule has 5 heterocycles. The molecule has 0 aliphatic carbocycles. The van der Waals surface area contributed by atoms with Crippen LogP contribution in [-0.4, -0.2) is 62.1 Å². The molecule has 3 aliphatic rings. The number of pyridine rings is 2. The molecule has 3 aliphatic heterocycles. The molecule has 28 heavy (non-hydrogen) atoms. The minimum atomic E-state index is 0.686. The Hall–Kier alpha value is -2.47. The molecule has 0 saturated carbocycles. The molecule has 146 valence electrons. The van der Waals surface area contributed by atoms with Crippen LogP contribution in [0.15, 0.2) is 29.4 Å². The molecular weight excluding hydrogens is 350 g/mol. The van der Waals surface area contributed by atoms with Crippen molar-refractivity contribution in [3.05, 3.63) is 30.1 Å². The third-order valence-corrected chi connectivity index (χ3v) is 5.97. The third-order valence-electron chi connectivity index (χ3n) is 5.97. The summed E-state index contributed by atoms with van der Waals surface area (Å²) in [4.78, 5) is 19.1. The summed E-state index contributed by atoms with van der Waals surface area (Å²) in [6.45, 7) is 8.53. The maximum absolute atomic E-state index is 5.56. The maximum Gasteiger partial charge on any atom is 0.131 e. The van der Waals surface area contributed by atoms with Gasteiger partial charge in [-0.2, -0.15) is 0 Å². The van der Waals surface area contributed by atoms with E-state index in [4.69, 9.17) is 14.7 Å². The van der Waals surface area contributed by atoms with Crippen molar-refractivity contribution in [3.63, 3.8) is 0 Å². The Morgan fingerprint density at radius 3 is 2.82 bits per heavy atom. The van der Waals surface area contributed by atoms with E-state index in [1.807, 2.05) is 12.4 Å². The van der Waals surface area contributed by atoms with Crippen LogP contribution in [0.2, 0.25) is 0 Å². The van der Waals surface area contributed by atoms with Gasteiger partial charge >= 0.3 is 0 Å². The lowest BCUT2D eigenvalue weighted by Crippen LogP contribution is -2.37. The van der Waals surface area contributed by atoms with Crippen molar-refractivity contribution < 1.29 is 4.74 Å². The molecule has 2 fully saturated rings. The second-order valence-electron chi connectivity index (χ2n) is 8.03. The van der Waals surface area contributed by atoms with Crippen LogP contribution in [0.3, 0.4) is 0 Å². The van der Waals surface area contributed by atoms with Gasteiger partial charge in [-0.05, 0) is 30.9 Å². The van der Waals surface area contributed by atoms with Crippen LogP contribution in [0.1, 0.15) is 25.5 Å². The third kappa shape index (κ3) is 3.26. The van der Waals surface area contributed by atoms with Gasteiger partial charge in [-0.15, -0.1) is 0 Å². The van der Waals surface area contributed by atoms with Crippen molar-refractivity contribution in [3.8, 4) is 0 Å². The minimum absolute atomic E-state index is 0.686. The fraction of sp³-hybridized carbons (Fsp3) is 0.500. The molecule has 1 atom stereocenters. The Kier molecular flexibility index (Phi) is 4.72. The number of piperidine rings is 1. The summed E-state index contributed by atoms with van der Waals surface area (Å²) >= 11 is 0. The molecule has 0 bridgehead atoms. The van der Waals surface area contributed by atoms with Crippen LogP contribution >= 0.6 is 0 Å². The monoisotopic (exact) mass is 377 g/mol. The SMILES string of the molecule is CC1CCCN(c2cc(N3CCOCC3)nc3c(C4=CC=NC4)nccc23)C1. The highest BCUT2D eigenvalue weighted by atomic mass is 16.5. The Balaban J connectivity index is 1.66. The number of hydrogen-bond acceptors (Lipinski definition) is 6. The fourth-order valence-corrected chi connectivity index (χ4v) is 4.48. The van der Waals surface area contributed by atoms with Gasteiger partial charge in [-0.1, -0.05) is 6.92 Å². The summed E-state index contributed by atoms with van der Waals surface area (Å²) in [6.07, 6.45) is 8.41. The van der Waals surface area contributed by atoms with Gasteiger partial charge in [-0.25, -0.2) is 4.98 Å². The van der Waals surface area contributed by atoms with Crippen molar-refractivity contribution >= 4 is 34.2 Å². The van der Waals surface area contributed by atoms with E-state index in [-0.39, 0.29) is 0 Å². The number of hydrogen-bond donors (Lipinski definition) is 0. The van der Waals surface area contributed by atoms with Crippen molar-refractivity contribution in [1.29, 1.82) is 0 Å². The van der Waals surface area contributed by atoms with Crippen molar-refractivity contribution in [2.24, 2.45) is 10.9 Å². The first-order chi connectivity index (χ1) is 13.8. The number of aliphatic imine (C=N–C) groups is 1. The highest BCUT2D eigenvalue weighted by Crippen LogP contribution is 2.35. The lowest BCUT2D eigenvalue weighted by molar-refractivity contribution is 0.122. The molecule has 0 aromatic carbocycles. The highest BCUT2D eigenvalue weighted by Gasteiger charge is 2.23. The molecule has 2 saturated heterocycles. The van der Waals surface area contributed by atoms with Crippen LogP contribution in [-0.2, 0) is 4.74 Å². The van der Waals surface area contributed by atoms with Gasteiger partial charge in [-0.3, -0.25) is 9.98 Å². The number of ether oxygens (including phenoxy) is 1. The van der Waals surface area contributed by atoms with Crippen LogP contribution in [0.4, 0.5) is 11.5 Å². The first-order valence-corrected chi connectivity index (χ1v) is 10.4. The van der Waals surface area contributed by atoms with Crippen LogP contribution in [0, 0.1) is 5.92 Å². The molecular formula is C22H27N5O. The predicted molar refractivity (Wildman–Crippen MR) is 115 cm³/mol. The zero-order valence-corrected chi connectivity index (χ0v) is 16.5. The smallest absolute Gasteiger partial charge is 0.131 e. The number of aromatic nitrogens is 2. The largest absolute Gasteiger partial charge is 0.378 e. The van der Waals surface area contributed by atoms with Gasteiger partial charge in [0.05, 0.1) is 25.5 Å². The quantitative estimate of drug-likeness (QED) is 0.822. The standard InChI is InChI=1S/C22H27N5O/c1-16-3-2-8-27(15-16)19-13-20(26-9-11-28-12-10-26)25-22-18(19)5-7-24-21(22)17-4-6-23-14-17/h4-7,13,16H,2-3,8-12,14-15H2,1H3. The molecule has 6 heteroatoms. The van der Waals surface area contributed by atoms with Gasteiger partial charge in [0, 0.05) is 61.3 Å². The number of morpholine rings is 1.